The van der Waals surface area contributed by atoms with E-state index in [1.165, 1.54) is 12.1 Å². The van der Waals surface area contributed by atoms with E-state index in [1.807, 2.05) is 30.3 Å². The quantitative estimate of drug-likeness (QED) is 0.792. The van der Waals surface area contributed by atoms with Gasteiger partial charge in [-0.1, -0.05) is 30.3 Å². The zero-order valence-corrected chi connectivity index (χ0v) is 16.1. The van der Waals surface area contributed by atoms with Crippen molar-refractivity contribution in [2.45, 2.75) is 45.3 Å². The zero-order valence-electron chi connectivity index (χ0n) is 16.1. The van der Waals surface area contributed by atoms with Crippen molar-refractivity contribution in [3.05, 3.63) is 59.9 Å². The number of carbonyl (C=O) groups is 1. The van der Waals surface area contributed by atoms with E-state index in [4.69, 9.17) is 14.2 Å². The lowest BCUT2D eigenvalue weighted by Gasteiger charge is -2.30. The topological polar surface area (TPSA) is 68.2 Å². The van der Waals surface area contributed by atoms with E-state index in [2.05, 4.69) is 0 Å². The molecule has 28 heavy (non-hydrogen) atoms. The van der Waals surface area contributed by atoms with Gasteiger partial charge in [0, 0.05) is 6.07 Å². The summed E-state index contributed by atoms with van der Waals surface area (Å²) in [6.07, 6.45) is -1.65. The fourth-order valence-corrected chi connectivity index (χ4v) is 3.13. The SMILES string of the molecule is CC([C@H]1COC(C)(C)O1)N(C(=O)O)c1ccc(OCc2ccccc2)c(F)c1. The molecule has 1 unspecified atom stereocenters. The zero-order chi connectivity index (χ0) is 20.3. The van der Waals surface area contributed by atoms with Gasteiger partial charge in [-0.25, -0.2) is 9.18 Å². The number of amides is 1. The molecule has 1 aliphatic rings. The summed E-state index contributed by atoms with van der Waals surface area (Å²) in [7, 11) is 0. The van der Waals surface area contributed by atoms with E-state index in [-0.39, 0.29) is 24.7 Å². The van der Waals surface area contributed by atoms with Gasteiger partial charge >= 0.3 is 6.09 Å². The number of benzene rings is 2. The summed E-state index contributed by atoms with van der Waals surface area (Å²) in [4.78, 5) is 12.9. The Labute approximate surface area is 163 Å². The number of rotatable bonds is 6. The highest BCUT2D eigenvalue weighted by Crippen LogP contribution is 2.30. The maximum Gasteiger partial charge on any atom is 0.412 e. The van der Waals surface area contributed by atoms with Crippen LogP contribution in [0.5, 0.6) is 5.75 Å². The average molecular weight is 389 g/mol. The van der Waals surface area contributed by atoms with Gasteiger partial charge in [-0.3, -0.25) is 4.90 Å². The molecule has 0 radical (unpaired) electrons. The molecule has 1 aliphatic heterocycles. The molecule has 1 N–H and O–H groups in total. The fraction of sp³-hybridized carbons (Fsp3) is 0.381. The van der Waals surface area contributed by atoms with Gasteiger partial charge in [0.15, 0.2) is 17.4 Å². The first-order valence-electron chi connectivity index (χ1n) is 9.07. The molecule has 6 nitrogen and oxygen atoms in total. The van der Waals surface area contributed by atoms with Crippen molar-refractivity contribution >= 4 is 11.8 Å². The fourth-order valence-electron chi connectivity index (χ4n) is 3.13. The molecule has 0 aliphatic carbocycles. The highest BCUT2D eigenvalue weighted by molar-refractivity contribution is 5.87. The first-order chi connectivity index (χ1) is 13.3. The minimum Gasteiger partial charge on any atom is -0.486 e. The van der Waals surface area contributed by atoms with Crippen molar-refractivity contribution < 1.29 is 28.5 Å². The van der Waals surface area contributed by atoms with Crippen LogP contribution in [0.4, 0.5) is 14.9 Å². The normalized spacial score (nSPS) is 19.2. The summed E-state index contributed by atoms with van der Waals surface area (Å²) in [5.74, 6) is -1.34. The molecule has 0 spiro atoms. The minimum atomic E-state index is -1.20. The molecule has 3 rings (SSSR count). The molecule has 0 bridgehead atoms. The van der Waals surface area contributed by atoms with Crippen LogP contribution in [0.15, 0.2) is 48.5 Å². The summed E-state index contributed by atoms with van der Waals surface area (Å²) in [5.41, 5.74) is 1.12. The van der Waals surface area contributed by atoms with Crippen LogP contribution in [0.3, 0.4) is 0 Å². The van der Waals surface area contributed by atoms with Crippen LogP contribution in [-0.4, -0.2) is 35.7 Å². The predicted octanol–water partition coefficient (Wildman–Crippen LogP) is 4.43. The number of hydrogen-bond donors (Lipinski definition) is 1. The van der Waals surface area contributed by atoms with Crippen LogP contribution in [0, 0.1) is 5.82 Å². The monoisotopic (exact) mass is 389 g/mol. The molecule has 2 aromatic carbocycles. The number of nitrogens with zero attached hydrogens (tertiary/aromatic N) is 1. The molecule has 1 amide bonds. The third-order valence-electron chi connectivity index (χ3n) is 4.61. The van der Waals surface area contributed by atoms with Crippen LogP contribution in [0.2, 0.25) is 0 Å². The van der Waals surface area contributed by atoms with Crippen molar-refractivity contribution in [3.8, 4) is 5.75 Å². The van der Waals surface area contributed by atoms with E-state index < -0.39 is 29.8 Å². The Morgan fingerprint density at radius 1 is 1.32 bits per heavy atom. The third-order valence-corrected chi connectivity index (χ3v) is 4.61. The first-order valence-corrected chi connectivity index (χ1v) is 9.07. The van der Waals surface area contributed by atoms with E-state index in [1.54, 1.807) is 20.8 Å². The van der Waals surface area contributed by atoms with Gasteiger partial charge in [-0.05, 0) is 38.5 Å². The third kappa shape index (κ3) is 4.61. The number of hydrogen-bond acceptors (Lipinski definition) is 4. The molecular formula is C21H24FNO5. The molecule has 1 saturated heterocycles. The molecule has 1 heterocycles. The Morgan fingerprint density at radius 2 is 2.04 bits per heavy atom. The van der Waals surface area contributed by atoms with Crippen LogP contribution in [-0.2, 0) is 16.1 Å². The van der Waals surface area contributed by atoms with E-state index >= 15 is 0 Å². The van der Waals surface area contributed by atoms with Crippen molar-refractivity contribution in [1.29, 1.82) is 0 Å². The van der Waals surface area contributed by atoms with Gasteiger partial charge in [0.2, 0.25) is 0 Å². The smallest absolute Gasteiger partial charge is 0.412 e. The lowest BCUT2D eigenvalue weighted by molar-refractivity contribution is -0.140. The van der Waals surface area contributed by atoms with Gasteiger partial charge in [-0.15, -0.1) is 0 Å². The Hall–Kier alpha value is -2.64. The highest BCUT2D eigenvalue weighted by Gasteiger charge is 2.39. The first kappa shape index (κ1) is 20.1. The van der Waals surface area contributed by atoms with Crippen LogP contribution in [0.1, 0.15) is 26.3 Å². The summed E-state index contributed by atoms with van der Waals surface area (Å²) < 4.78 is 31.3. The van der Waals surface area contributed by atoms with Crippen LogP contribution < -0.4 is 9.64 Å². The largest absolute Gasteiger partial charge is 0.486 e. The van der Waals surface area contributed by atoms with Gasteiger partial charge in [-0.2, -0.15) is 0 Å². The molecule has 0 saturated carbocycles. The van der Waals surface area contributed by atoms with Gasteiger partial charge in [0.05, 0.1) is 18.3 Å². The number of ether oxygens (including phenoxy) is 3. The standard InChI is InChI=1S/C21H24FNO5/c1-14(19-13-27-21(2,3)28-19)23(20(24)25)16-9-10-18(17(22)11-16)26-12-15-7-5-4-6-8-15/h4-11,14,19H,12-13H2,1-3H3,(H,24,25)/t14?,19-/m1/s1. The molecule has 1 fully saturated rings. The van der Waals surface area contributed by atoms with Crippen molar-refractivity contribution in [2.24, 2.45) is 0 Å². The van der Waals surface area contributed by atoms with E-state index in [0.29, 0.717) is 0 Å². The lowest BCUT2D eigenvalue weighted by atomic mass is 10.1. The second-order valence-electron chi connectivity index (χ2n) is 7.15. The molecule has 150 valence electrons. The molecule has 2 atom stereocenters. The summed E-state index contributed by atoms with van der Waals surface area (Å²) >= 11 is 0. The molecule has 0 aromatic heterocycles. The van der Waals surface area contributed by atoms with Crippen LogP contribution in [0.25, 0.3) is 0 Å². The predicted molar refractivity (Wildman–Crippen MR) is 102 cm³/mol. The van der Waals surface area contributed by atoms with Gasteiger partial charge in [0.25, 0.3) is 0 Å². The van der Waals surface area contributed by atoms with Gasteiger partial charge < -0.3 is 19.3 Å². The number of halogens is 1. The Kier molecular flexibility index (Phi) is 5.86. The second-order valence-corrected chi connectivity index (χ2v) is 7.15. The summed E-state index contributed by atoms with van der Waals surface area (Å²) in [6, 6.07) is 13.0. The number of carboxylic acid groups (broad SMARTS) is 1. The van der Waals surface area contributed by atoms with E-state index in [9.17, 15) is 14.3 Å². The van der Waals surface area contributed by atoms with Crippen molar-refractivity contribution in [2.75, 3.05) is 11.5 Å². The second kappa shape index (κ2) is 8.16. The van der Waals surface area contributed by atoms with Crippen molar-refractivity contribution in [1.82, 2.24) is 0 Å². The van der Waals surface area contributed by atoms with E-state index in [0.717, 1.165) is 16.5 Å². The minimum absolute atomic E-state index is 0.0622. The Bertz CT molecular complexity index is 827. The molecule has 2 aromatic rings. The van der Waals surface area contributed by atoms with Crippen molar-refractivity contribution in [3.63, 3.8) is 0 Å². The molecule has 7 heteroatoms. The van der Waals surface area contributed by atoms with Gasteiger partial charge in [0.1, 0.15) is 12.7 Å². The maximum atomic E-state index is 14.5. The Morgan fingerprint density at radius 3 is 2.61 bits per heavy atom. The molecular weight excluding hydrogens is 365 g/mol. The Balaban J connectivity index is 1.75. The lowest BCUT2D eigenvalue weighted by Crippen LogP contribution is -2.46. The average Bonchev–Trinajstić information content (AvgIpc) is 3.01. The summed E-state index contributed by atoms with van der Waals surface area (Å²) in [5, 5.41) is 9.68. The summed E-state index contributed by atoms with van der Waals surface area (Å²) in [6.45, 7) is 5.73. The maximum absolute atomic E-state index is 14.5. The highest BCUT2D eigenvalue weighted by atomic mass is 19.1. The van der Waals surface area contributed by atoms with Crippen LogP contribution >= 0.6 is 0 Å². The number of anilines is 1.